The SMILES string of the molecule is COc1nc(OCC(F)F)c(F)cc1NS(=O)(=O)c1cc(C=O)nc2cc(Cl)ccc12. The quantitative estimate of drug-likeness (QED) is 0.495. The van der Waals surface area contributed by atoms with E-state index in [1.165, 1.54) is 18.2 Å². The molecular formula is C18H13ClF3N3O5S. The van der Waals surface area contributed by atoms with Crippen LogP contribution in [0.15, 0.2) is 35.2 Å². The highest BCUT2D eigenvalue weighted by Crippen LogP contribution is 2.32. The van der Waals surface area contributed by atoms with Crippen LogP contribution < -0.4 is 14.2 Å². The van der Waals surface area contributed by atoms with Gasteiger partial charge in [-0.2, -0.15) is 4.98 Å². The Morgan fingerprint density at radius 1 is 1.19 bits per heavy atom. The third-order valence-electron chi connectivity index (χ3n) is 3.86. The van der Waals surface area contributed by atoms with Crippen molar-refractivity contribution < 1.29 is 35.9 Å². The lowest BCUT2D eigenvalue weighted by molar-refractivity contribution is 0.0770. The summed E-state index contributed by atoms with van der Waals surface area (Å²) < 4.78 is 76.5. The Balaban J connectivity index is 2.06. The average Bonchev–Trinajstić information content (AvgIpc) is 2.71. The minimum Gasteiger partial charge on any atom is -0.479 e. The van der Waals surface area contributed by atoms with Gasteiger partial charge in [-0.25, -0.2) is 26.6 Å². The number of fused-ring (bicyclic) bond motifs is 1. The Labute approximate surface area is 179 Å². The molecular weight excluding hydrogens is 463 g/mol. The van der Waals surface area contributed by atoms with E-state index in [0.717, 1.165) is 13.2 Å². The summed E-state index contributed by atoms with van der Waals surface area (Å²) in [7, 11) is -3.30. The van der Waals surface area contributed by atoms with Crippen LogP contribution in [-0.4, -0.2) is 44.8 Å². The normalized spacial score (nSPS) is 11.5. The molecule has 13 heteroatoms. The molecule has 1 aromatic carbocycles. The van der Waals surface area contributed by atoms with Crippen LogP contribution in [0.4, 0.5) is 18.9 Å². The Morgan fingerprint density at radius 3 is 2.58 bits per heavy atom. The summed E-state index contributed by atoms with van der Waals surface area (Å²) in [4.78, 5) is 18.5. The van der Waals surface area contributed by atoms with E-state index >= 15 is 0 Å². The number of carbonyl (C=O) groups is 1. The molecule has 31 heavy (non-hydrogen) atoms. The van der Waals surface area contributed by atoms with Gasteiger partial charge in [-0.05, 0) is 24.3 Å². The Bertz CT molecular complexity index is 1260. The summed E-state index contributed by atoms with van der Waals surface area (Å²) in [5.41, 5.74) is -0.456. The number of hydrogen-bond donors (Lipinski definition) is 1. The van der Waals surface area contributed by atoms with Gasteiger partial charge in [-0.15, -0.1) is 0 Å². The number of alkyl halides is 2. The number of nitrogens with one attached hydrogen (secondary N) is 1. The third-order valence-corrected chi connectivity index (χ3v) is 5.50. The van der Waals surface area contributed by atoms with Crippen LogP contribution in [0.2, 0.25) is 5.02 Å². The van der Waals surface area contributed by atoms with E-state index in [2.05, 4.69) is 19.4 Å². The molecule has 0 aliphatic heterocycles. The maximum absolute atomic E-state index is 14.2. The van der Waals surface area contributed by atoms with Gasteiger partial charge in [-0.1, -0.05) is 11.6 Å². The van der Waals surface area contributed by atoms with Crippen molar-refractivity contribution in [1.82, 2.24) is 9.97 Å². The number of halogens is 4. The number of hydrogen-bond acceptors (Lipinski definition) is 7. The van der Waals surface area contributed by atoms with Crippen molar-refractivity contribution in [2.45, 2.75) is 11.3 Å². The van der Waals surface area contributed by atoms with Crippen molar-refractivity contribution >= 4 is 44.5 Å². The molecule has 0 amide bonds. The van der Waals surface area contributed by atoms with E-state index in [1.54, 1.807) is 0 Å². The zero-order chi connectivity index (χ0) is 22.8. The first-order valence-corrected chi connectivity index (χ1v) is 10.2. The van der Waals surface area contributed by atoms with E-state index in [-0.39, 0.29) is 26.5 Å². The first-order valence-electron chi connectivity index (χ1n) is 8.38. The van der Waals surface area contributed by atoms with Gasteiger partial charge in [0, 0.05) is 16.5 Å². The van der Waals surface area contributed by atoms with Crippen LogP contribution in [0.1, 0.15) is 10.5 Å². The Hall–Kier alpha value is -3.12. The maximum atomic E-state index is 14.2. The van der Waals surface area contributed by atoms with E-state index < -0.39 is 46.3 Å². The van der Waals surface area contributed by atoms with Crippen molar-refractivity contribution in [2.75, 3.05) is 18.4 Å². The highest BCUT2D eigenvalue weighted by atomic mass is 35.5. The molecule has 3 rings (SSSR count). The lowest BCUT2D eigenvalue weighted by Crippen LogP contribution is -2.16. The summed E-state index contributed by atoms with van der Waals surface area (Å²) in [6.45, 7) is -1.11. The molecule has 8 nitrogen and oxygen atoms in total. The second kappa shape index (κ2) is 8.94. The topological polar surface area (TPSA) is 107 Å². The molecule has 0 unspecified atom stereocenters. The fourth-order valence-electron chi connectivity index (χ4n) is 2.60. The zero-order valence-electron chi connectivity index (χ0n) is 15.6. The molecule has 0 aliphatic carbocycles. The number of carbonyl (C=O) groups excluding carboxylic acids is 1. The summed E-state index contributed by atoms with van der Waals surface area (Å²) in [6, 6.07) is 5.90. The number of aldehydes is 1. The number of benzene rings is 1. The molecule has 3 aromatic rings. The summed E-state index contributed by atoms with van der Waals surface area (Å²) >= 11 is 5.91. The second-order valence-electron chi connectivity index (χ2n) is 5.96. The number of sulfonamides is 1. The highest BCUT2D eigenvalue weighted by Gasteiger charge is 2.24. The fourth-order valence-corrected chi connectivity index (χ4v) is 4.05. The van der Waals surface area contributed by atoms with Crippen LogP contribution in [0, 0.1) is 5.82 Å². The molecule has 0 spiro atoms. The van der Waals surface area contributed by atoms with Crippen molar-refractivity contribution in [2.24, 2.45) is 0 Å². The Kier molecular flexibility index (Phi) is 6.51. The second-order valence-corrected chi connectivity index (χ2v) is 8.05. The smallest absolute Gasteiger partial charge is 0.272 e. The number of rotatable bonds is 8. The molecule has 164 valence electrons. The summed E-state index contributed by atoms with van der Waals surface area (Å²) in [6.07, 6.45) is -2.51. The lowest BCUT2D eigenvalue weighted by atomic mass is 10.2. The van der Waals surface area contributed by atoms with Gasteiger partial charge in [0.2, 0.25) is 5.88 Å². The summed E-state index contributed by atoms with van der Waals surface area (Å²) in [5, 5.41) is 0.415. The van der Waals surface area contributed by atoms with Crippen molar-refractivity contribution in [3.05, 3.63) is 46.9 Å². The van der Waals surface area contributed by atoms with Crippen LogP contribution >= 0.6 is 11.6 Å². The summed E-state index contributed by atoms with van der Waals surface area (Å²) in [5.74, 6) is -2.40. The first kappa shape index (κ1) is 22.6. The van der Waals surface area contributed by atoms with E-state index in [9.17, 15) is 26.4 Å². The van der Waals surface area contributed by atoms with Crippen LogP contribution in [0.25, 0.3) is 10.9 Å². The number of nitrogens with zero attached hydrogens (tertiary/aromatic N) is 2. The fraction of sp³-hybridized carbons (Fsp3) is 0.167. The van der Waals surface area contributed by atoms with Crippen LogP contribution in [0.3, 0.4) is 0 Å². The van der Waals surface area contributed by atoms with Gasteiger partial charge in [0.15, 0.2) is 18.7 Å². The highest BCUT2D eigenvalue weighted by molar-refractivity contribution is 7.93. The van der Waals surface area contributed by atoms with Gasteiger partial charge in [0.25, 0.3) is 22.3 Å². The Morgan fingerprint density at radius 2 is 1.94 bits per heavy atom. The van der Waals surface area contributed by atoms with Crippen molar-refractivity contribution in [3.63, 3.8) is 0 Å². The maximum Gasteiger partial charge on any atom is 0.272 e. The number of ether oxygens (including phenoxy) is 2. The molecule has 2 aromatic heterocycles. The van der Waals surface area contributed by atoms with Crippen LogP contribution in [-0.2, 0) is 10.0 Å². The van der Waals surface area contributed by atoms with Gasteiger partial charge in [0.05, 0.1) is 17.5 Å². The third kappa shape index (κ3) is 4.97. The number of methoxy groups -OCH3 is 1. The lowest BCUT2D eigenvalue weighted by Gasteiger charge is -2.14. The average molecular weight is 476 g/mol. The molecule has 1 N–H and O–H groups in total. The van der Waals surface area contributed by atoms with Crippen molar-refractivity contribution in [3.8, 4) is 11.8 Å². The van der Waals surface area contributed by atoms with Gasteiger partial charge < -0.3 is 9.47 Å². The van der Waals surface area contributed by atoms with Crippen LogP contribution in [0.5, 0.6) is 11.8 Å². The van der Waals surface area contributed by atoms with E-state index in [1.807, 2.05) is 0 Å². The molecule has 0 saturated heterocycles. The largest absolute Gasteiger partial charge is 0.479 e. The number of aromatic nitrogens is 2. The minimum absolute atomic E-state index is 0.143. The molecule has 0 radical (unpaired) electrons. The first-order chi connectivity index (χ1) is 14.6. The van der Waals surface area contributed by atoms with E-state index in [4.69, 9.17) is 16.3 Å². The van der Waals surface area contributed by atoms with Gasteiger partial charge in [0.1, 0.15) is 11.4 Å². The zero-order valence-corrected chi connectivity index (χ0v) is 17.2. The van der Waals surface area contributed by atoms with E-state index in [0.29, 0.717) is 12.4 Å². The van der Waals surface area contributed by atoms with Crippen molar-refractivity contribution in [1.29, 1.82) is 0 Å². The molecule has 0 bridgehead atoms. The number of anilines is 1. The molecule has 0 saturated carbocycles. The minimum atomic E-state index is -4.41. The molecule has 0 aliphatic rings. The predicted molar refractivity (Wildman–Crippen MR) is 105 cm³/mol. The van der Waals surface area contributed by atoms with Gasteiger partial charge >= 0.3 is 0 Å². The number of pyridine rings is 2. The predicted octanol–water partition coefficient (Wildman–Crippen LogP) is 3.69. The molecule has 0 fully saturated rings. The van der Waals surface area contributed by atoms with Gasteiger partial charge in [-0.3, -0.25) is 9.52 Å². The molecule has 0 atom stereocenters. The standard InChI is InChI=1S/C18H13ClF3N3O5S/c1-29-18-14(6-12(20)17(24-18)30-8-16(21)22)25-31(27,28)15-5-10(7-26)23-13-4-9(19)2-3-11(13)15/h2-7,16,25H,8H2,1H3. The molecule has 2 heterocycles. The monoisotopic (exact) mass is 475 g/mol.